The minimum absolute atomic E-state index is 0.0290. The van der Waals surface area contributed by atoms with Crippen molar-refractivity contribution in [1.82, 2.24) is 0 Å². The molecule has 42 heavy (non-hydrogen) atoms. The van der Waals surface area contributed by atoms with E-state index in [2.05, 4.69) is 31.1 Å². The second-order valence-corrected chi connectivity index (χ2v) is 8.66. The van der Waals surface area contributed by atoms with Crippen LogP contribution in [0.1, 0.15) is 34.6 Å². The lowest BCUT2D eigenvalue weighted by Gasteiger charge is -2.12. The average molecular weight is 573 g/mol. The van der Waals surface area contributed by atoms with Gasteiger partial charge in [0.25, 0.3) is 11.8 Å². The zero-order valence-electron chi connectivity index (χ0n) is 22.2. The molecule has 2 unspecified atom stereocenters. The summed E-state index contributed by atoms with van der Waals surface area (Å²) in [6.45, 7) is 2.27. The van der Waals surface area contributed by atoms with Crippen LogP contribution in [0.4, 0.5) is 22.7 Å². The molecule has 0 aliphatic rings. The Bertz CT molecular complexity index is 1480. The molecule has 0 spiro atoms. The summed E-state index contributed by atoms with van der Waals surface area (Å²) >= 11 is 0. The third-order valence-electron chi connectivity index (χ3n) is 5.52. The molecule has 3 rings (SSSR count). The Morgan fingerprint density at radius 2 is 0.905 bits per heavy atom. The quantitative estimate of drug-likeness (QED) is 0.179. The van der Waals surface area contributed by atoms with Crippen LogP contribution in [0.2, 0.25) is 0 Å². The maximum Gasteiger partial charge on any atom is 0.337 e. The van der Waals surface area contributed by atoms with Crippen LogP contribution in [0.15, 0.2) is 93.3 Å². The fraction of sp³-hybridized carbons (Fsp3) is 0.143. The Hall–Kier alpha value is -5.92. The number of Topliss-reactive ketones (excluding diaryl/α,β-unsaturated/α-hetero) is 2. The number of hydrogen-bond acceptors (Lipinski definition) is 10. The van der Waals surface area contributed by atoms with Gasteiger partial charge in [-0.1, -0.05) is 24.3 Å². The molecule has 14 nitrogen and oxygen atoms in total. The number of aromatic carboxylic acids is 2. The summed E-state index contributed by atoms with van der Waals surface area (Å²) in [5.41, 5.74) is 0.106. The minimum atomic E-state index is -1.56. The third kappa shape index (κ3) is 8.05. The van der Waals surface area contributed by atoms with Gasteiger partial charge in [-0.25, -0.2) is 9.59 Å². The molecule has 0 saturated heterocycles. The van der Waals surface area contributed by atoms with Crippen LogP contribution in [0.3, 0.4) is 0 Å². The van der Waals surface area contributed by atoms with E-state index in [0.29, 0.717) is 0 Å². The molecule has 0 aliphatic heterocycles. The van der Waals surface area contributed by atoms with Gasteiger partial charge in [0.15, 0.2) is 11.6 Å². The number of carboxylic acids is 2. The molecule has 2 amide bonds. The van der Waals surface area contributed by atoms with E-state index in [-0.39, 0.29) is 33.9 Å². The maximum absolute atomic E-state index is 12.7. The zero-order valence-corrected chi connectivity index (χ0v) is 22.2. The fourth-order valence-electron chi connectivity index (χ4n) is 3.42. The smallest absolute Gasteiger partial charge is 0.337 e. The first-order valence-corrected chi connectivity index (χ1v) is 12.2. The first-order valence-electron chi connectivity index (χ1n) is 12.2. The zero-order chi connectivity index (χ0) is 30.8. The monoisotopic (exact) mass is 572 g/mol. The van der Waals surface area contributed by atoms with E-state index in [4.69, 9.17) is 0 Å². The largest absolute Gasteiger partial charge is 0.478 e. The number of hydrogen-bond donors (Lipinski definition) is 4. The van der Waals surface area contributed by atoms with Gasteiger partial charge in [-0.05, 0) is 62.4 Å². The Kier molecular flexibility index (Phi) is 10.2. The van der Waals surface area contributed by atoms with Crippen molar-refractivity contribution in [2.24, 2.45) is 20.5 Å². The highest BCUT2D eigenvalue weighted by Crippen LogP contribution is 2.22. The third-order valence-corrected chi connectivity index (χ3v) is 5.52. The predicted molar refractivity (Wildman–Crippen MR) is 148 cm³/mol. The molecule has 0 radical (unpaired) electrons. The van der Waals surface area contributed by atoms with E-state index < -0.39 is 47.4 Å². The second kappa shape index (κ2) is 13.9. The number of azo groups is 2. The lowest BCUT2D eigenvalue weighted by atomic mass is 10.1. The summed E-state index contributed by atoms with van der Waals surface area (Å²) in [6, 6.07) is 14.0. The van der Waals surface area contributed by atoms with Crippen LogP contribution in [0, 0.1) is 0 Å². The highest BCUT2D eigenvalue weighted by atomic mass is 16.4. The van der Waals surface area contributed by atoms with Crippen molar-refractivity contribution in [2.75, 3.05) is 10.6 Å². The van der Waals surface area contributed by atoms with Gasteiger partial charge in [0.1, 0.15) is 0 Å². The number of carbonyl (C=O) groups is 6. The van der Waals surface area contributed by atoms with Crippen LogP contribution in [0.5, 0.6) is 0 Å². The average Bonchev–Trinajstić information content (AvgIpc) is 2.94. The Labute approximate surface area is 238 Å². The number of benzene rings is 3. The molecule has 4 N–H and O–H groups in total. The van der Waals surface area contributed by atoms with Crippen molar-refractivity contribution in [2.45, 2.75) is 25.9 Å². The molecule has 14 heteroatoms. The summed E-state index contributed by atoms with van der Waals surface area (Å²) in [7, 11) is 0. The van der Waals surface area contributed by atoms with Gasteiger partial charge in [0.05, 0.1) is 22.5 Å². The van der Waals surface area contributed by atoms with Crippen molar-refractivity contribution >= 4 is 58.1 Å². The number of carboxylic acid groups (broad SMARTS) is 2. The van der Waals surface area contributed by atoms with Gasteiger partial charge in [-0.15, -0.1) is 0 Å². The molecule has 3 aromatic carbocycles. The molecule has 0 bridgehead atoms. The van der Waals surface area contributed by atoms with E-state index >= 15 is 0 Å². The van der Waals surface area contributed by atoms with Crippen molar-refractivity contribution in [3.8, 4) is 0 Å². The molecule has 2 atom stereocenters. The van der Waals surface area contributed by atoms with Crippen LogP contribution >= 0.6 is 0 Å². The van der Waals surface area contributed by atoms with Crippen LogP contribution < -0.4 is 10.6 Å². The first-order chi connectivity index (χ1) is 20.0. The molecule has 214 valence electrons. The van der Waals surface area contributed by atoms with E-state index in [0.717, 1.165) is 13.8 Å². The number of nitrogens with zero attached hydrogens (tertiary/aromatic N) is 4. The number of carbonyl (C=O) groups excluding carboxylic acids is 4. The standard InChI is InChI=1S/C28H24N6O8/c1-15(35)23(33-31-21-9-5-3-7-19(21)27(39)40)25(37)29-17-11-13-18(14-12-17)30-26(38)24(16(2)36)34-32-22-10-6-4-8-20(22)28(41)42/h3-14,23-24H,1-2H3,(H,29,37)(H,30,38)(H,39,40)(H,41,42). The molecule has 0 heterocycles. The van der Waals surface area contributed by atoms with Gasteiger partial charge in [-0.2, -0.15) is 20.5 Å². The topological polar surface area (TPSA) is 216 Å². The number of rotatable bonds is 12. The van der Waals surface area contributed by atoms with Crippen LogP contribution in [-0.4, -0.2) is 57.6 Å². The number of amides is 2. The van der Waals surface area contributed by atoms with Crippen LogP contribution in [-0.2, 0) is 19.2 Å². The lowest BCUT2D eigenvalue weighted by molar-refractivity contribution is -0.127. The summed E-state index contributed by atoms with van der Waals surface area (Å²) in [5.74, 6) is -5.42. The van der Waals surface area contributed by atoms with Gasteiger partial charge in [0.2, 0.25) is 12.1 Å². The number of ketones is 2. The predicted octanol–water partition coefficient (Wildman–Crippen LogP) is 4.44. The molecule has 0 aliphatic carbocycles. The van der Waals surface area contributed by atoms with Gasteiger partial charge in [0, 0.05) is 11.4 Å². The lowest BCUT2D eigenvalue weighted by Crippen LogP contribution is -2.32. The molecule has 0 aromatic heterocycles. The summed E-state index contributed by atoms with van der Waals surface area (Å²) in [4.78, 5) is 72.2. The molecule has 0 fully saturated rings. The van der Waals surface area contributed by atoms with Crippen molar-refractivity contribution < 1.29 is 39.0 Å². The van der Waals surface area contributed by atoms with Gasteiger partial charge >= 0.3 is 11.9 Å². The van der Waals surface area contributed by atoms with Crippen molar-refractivity contribution in [3.63, 3.8) is 0 Å². The minimum Gasteiger partial charge on any atom is -0.478 e. The van der Waals surface area contributed by atoms with Crippen molar-refractivity contribution in [1.29, 1.82) is 0 Å². The summed E-state index contributed by atoms with van der Waals surface area (Å²) in [5, 5.41) is 38.5. The molecular weight excluding hydrogens is 548 g/mol. The molecule has 3 aromatic rings. The highest BCUT2D eigenvalue weighted by Gasteiger charge is 2.25. The number of anilines is 2. The maximum atomic E-state index is 12.7. The van der Waals surface area contributed by atoms with E-state index in [1.54, 1.807) is 0 Å². The summed E-state index contributed by atoms with van der Waals surface area (Å²) < 4.78 is 0. The fourth-order valence-corrected chi connectivity index (χ4v) is 3.42. The van der Waals surface area contributed by atoms with E-state index in [1.807, 2.05) is 0 Å². The first kappa shape index (κ1) is 30.6. The molecule has 0 saturated carbocycles. The van der Waals surface area contributed by atoms with E-state index in [9.17, 15) is 39.0 Å². The van der Waals surface area contributed by atoms with Gasteiger partial charge in [-0.3, -0.25) is 19.2 Å². The molecular formula is C28H24N6O8. The highest BCUT2D eigenvalue weighted by molar-refractivity contribution is 6.11. The van der Waals surface area contributed by atoms with Crippen LogP contribution in [0.25, 0.3) is 0 Å². The Morgan fingerprint density at radius 1 is 0.571 bits per heavy atom. The second-order valence-electron chi connectivity index (χ2n) is 8.66. The SMILES string of the molecule is CC(=O)C(N=Nc1ccccc1C(=O)O)C(=O)Nc1ccc(NC(=O)C(N=Nc2ccccc2C(=O)O)C(C)=O)cc1. The van der Waals surface area contributed by atoms with Crippen molar-refractivity contribution in [3.05, 3.63) is 83.9 Å². The summed E-state index contributed by atoms with van der Waals surface area (Å²) in [6.07, 6.45) is 0. The Balaban J connectivity index is 1.69. The normalized spacial score (nSPS) is 12.4. The van der Waals surface area contributed by atoms with E-state index in [1.165, 1.54) is 72.8 Å². The number of nitrogens with one attached hydrogen (secondary N) is 2. The Morgan fingerprint density at radius 3 is 1.21 bits per heavy atom. The van der Waals surface area contributed by atoms with Gasteiger partial charge < -0.3 is 20.8 Å².